The molecule has 1 N–H and O–H groups in total. The molecule has 1 amide bonds. The quantitative estimate of drug-likeness (QED) is 0.586. The second-order valence-electron chi connectivity index (χ2n) is 8.55. The molecule has 162 valence electrons. The molecule has 1 aliphatic heterocycles. The van der Waals surface area contributed by atoms with Gasteiger partial charge in [-0.2, -0.15) is 0 Å². The van der Waals surface area contributed by atoms with Gasteiger partial charge in [-0.1, -0.05) is 55.8 Å². The number of carbonyl (C=O) groups excluding carboxylic acids is 1. The first-order chi connectivity index (χ1) is 14.9. The second-order valence-corrected chi connectivity index (χ2v) is 9.44. The Balaban J connectivity index is 1.67. The van der Waals surface area contributed by atoms with E-state index in [0.29, 0.717) is 5.13 Å². The fourth-order valence-electron chi connectivity index (χ4n) is 4.16. The summed E-state index contributed by atoms with van der Waals surface area (Å²) in [6, 6.07) is 17.1. The fraction of sp³-hybridized carbons (Fsp3) is 0.360. The van der Waals surface area contributed by atoms with Crippen LogP contribution in [0.3, 0.4) is 0 Å². The summed E-state index contributed by atoms with van der Waals surface area (Å²) in [5.74, 6) is -0.128. The molecule has 6 heteroatoms. The lowest BCUT2D eigenvalue weighted by Gasteiger charge is -2.34. The van der Waals surface area contributed by atoms with Gasteiger partial charge in [0, 0.05) is 36.3 Å². The van der Waals surface area contributed by atoms with Crippen molar-refractivity contribution < 1.29 is 9.53 Å². The van der Waals surface area contributed by atoms with Crippen LogP contribution in [-0.2, 0) is 9.53 Å². The number of morpholine rings is 1. The standard InChI is InChI=1S/C25H29N3O2S/c1-18-4-6-19(7-5-18)22(25(2,3)23(29)27-24-26-12-17-31-24)20-8-10-21(11-9-20)28-13-15-30-16-14-28/h4-12,17,22H,13-16H2,1-3H3,(H,26,27,29). The summed E-state index contributed by atoms with van der Waals surface area (Å²) < 4.78 is 5.47. The third-order valence-corrected chi connectivity index (χ3v) is 6.66. The third-order valence-electron chi connectivity index (χ3n) is 5.97. The first-order valence-electron chi connectivity index (χ1n) is 10.7. The van der Waals surface area contributed by atoms with Gasteiger partial charge >= 0.3 is 0 Å². The van der Waals surface area contributed by atoms with E-state index in [1.54, 1.807) is 6.20 Å². The number of carbonyl (C=O) groups is 1. The van der Waals surface area contributed by atoms with Crippen molar-refractivity contribution in [2.75, 3.05) is 36.5 Å². The summed E-state index contributed by atoms with van der Waals surface area (Å²) in [6.07, 6.45) is 1.70. The lowest BCUT2D eigenvalue weighted by atomic mass is 9.70. The van der Waals surface area contributed by atoms with Crippen molar-refractivity contribution >= 4 is 28.1 Å². The number of ether oxygens (including phenoxy) is 1. The van der Waals surface area contributed by atoms with Crippen molar-refractivity contribution in [3.05, 3.63) is 76.8 Å². The molecule has 1 saturated heterocycles. The Morgan fingerprint density at radius 2 is 1.68 bits per heavy atom. The van der Waals surface area contributed by atoms with Gasteiger partial charge in [0.25, 0.3) is 0 Å². The van der Waals surface area contributed by atoms with Gasteiger partial charge in [-0.15, -0.1) is 11.3 Å². The van der Waals surface area contributed by atoms with Crippen LogP contribution in [0.5, 0.6) is 0 Å². The topological polar surface area (TPSA) is 54.5 Å². The molecule has 0 saturated carbocycles. The van der Waals surface area contributed by atoms with E-state index in [4.69, 9.17) is 4.74 Å². The predicted octanol–water partition coefficient (Wildman–Crippen LogP) is 5.08. The number of rotatable bonds is 6. The Labute approximate surface area is 188 Å². The van der Waals surface area contributed by atoms with E-state index in [2.05, 4.69) is 70.7 Å². The molecule has 1 unspecified atom stereocenters. The van der Waals surface area contributed by atoms with Gasteiger partial charge in [-0.3, -0.25) is 4.79 Å². The largest absolute Gasteiger partial charge is 0.378 e. The normalized spacial score (nSPS) is 15.5. The maximum Gasteiger partial charge on any atom is 0.232 e. The van der Waals surface area contributed by atoms with Crippen LogP contribution in [0.2, 0.25) is 0 Å². The highest BCUT2D eigenvalue weighted by molar-refractivity contribution is 7.13. The molecule has 4 rings (SSSR count). The SMILES string of the molecule is Cc1ccc(C(c2ccc(N3CCOCC3)cc2)C(C)(C)C(=O)Nc2nccs2)cc1. The number of aromatic nitrogens is 1. The Morgan fingerprint density at radius 1 is 1.06 bits per heavy atom. The van der Waals surface area contributed by atoms with Crippen LogP contribution in [0.25, 0.3) is 0 Å². The Hall–Kier alpha value is -2.70. The summed E-state index contributed by atoms with van der Waals surface area (Å²) in [4.78, 5) is 19.9. The highest BCUT2D eigenvalue weighted by Crippen LogP contribution is 2.42. The number of nitrogens with one attached hydrogen (secondary N) is 1. The maximum absolute atomic E-state index is 13.3. The fourth-order valence-corrected chi connectivity index (χ4v) is 4.68. The Bertz CT molecular complexity index is 992. The molecule has 0 spiro atoms. The number of nitrogens with zero attached hydrogens (tertiary/aromatic N) is 2. The van der Waals surface area contributed by atoms with Crippen LogP contribution in [0.4, 0.5) is 10.8 Å². The van der Waals surface area contributed by atoms with Crippen LogP contribution in [0, 0.1) is 12.3 Å². The van der Waals surface area contributed by atoms with Crippen molar-refractivity contribution in [3.8, 4) is 0 Å². The summed E-state index contributed by atoms with van der Waals surface area (Å²) in [5, 5.41) is 5.50. The van der Waals surface area contributed by atoms with E-state index in [1.165, 1.54) is 22.6 Å². The van der Waals surface area contributed by atoms with Crippen molar-refractivity contribution in [3.63, 3.8) is 0 Å². The number of thiazole rings is 1. The highest BCUT2D eigenvalue weighted by atomic mass is 32.1. The minimum atomic E-state index is -0.679. The molecule has 5 nitrogen and oxygen atoms in total. The molecule has 2 aromatic carbocycles. The molecule has 1 atom stereocenters. The zero-order valence-electron chi connectivity index (χ0n) is 18.3. The van der Waals surface area contributed by atoms with Crippen molar-refractivity contribution in [1.29, 1.82) is 0 Å². The number of hydrogen-bond acceptors (Lipinski definition) is 5. The molecule has 2 heterocycles. The molecule has 3 aromatic rings. The first-order valence-corrected chi connectivity index (χ1v) is 11.5. The maximum atomic E-state index is 13.3. The summed E-state index contributed by atoms with van der Waals surface area (Å²) in [7, 11) is 0. The molecular formula is C25H29N3O2S. The zero-order chi connectivity index (χ0) is 21.8. The van der Waals surface area contributed by atoms with Gasteiger partial charge in [0.1, 0.15) is 0 Å². The van der Waals surface area contributed by atoms with E-state index < -0.39 is 5.41 Å². The number of amides is 1. The lowest BCUT2D eigenvalue weighted by molar-refractivity contribution is -0.124. The molecule has 31 heavy (non-hydrogen) atoms. The molecule has 1 aromatic heterocycles. The third kappa shape index (κ3) is 4.81. The van der Waals surface area contributed by atoms with Crippen LogP contribution < -0.4 is 10.2 Å². The summed E-state index contributed by atoms with van der Waals surface area (Å²) >= 11 is 1.43. The monoisotopic (exact) mass is 435 g/mol. The smallest absolute Gasteiger partial charge is 0.232 e. The minimum Gasteiger partial charge on any atom is -0.378 e. The van der Waals surface area contributed by atoms with Gasteiger partial charge in [0.2, 0.25) is 5.91 Å². The van der Waals surface area contributed by atoms with Gasteiger partial charge < -0.3 is 15.0 Å². The predicted molar refractivity (Wildman–Crippen MR) is 127 cm³/mol. The Kier molecular flexibility index (Phi) is 6.39. The Morgan fingerprint density at radius 3 is 2.26 bits per heavy atom. The van der Waals surface area contributed by atoms with Crippen LogP contribution in [0.1, 0.15) is 36.5 Å². The van der Waals surface area contributed by atoms with Crippen molar-refractivity contribution in [2.45, 2.75) is 26.7 Å². The second kappa shape index (κ2) is 9.20. The van der Waals surface area contributed by atoms with Gasteiger partial charge in [-0.25, -0.2) is 4.98 Å². The molecule has 1 aliphatic rings. The van der Waals surface area contributed by atoms with E-state index in [0.717, 1.165) is 37.4 Å². The zero-order valence-corrected chi connectivity index (χ0v) is 19.1. The lowest BCUT2D eigenvalue weighted by Crippen LogP contribution is -2.37. The van der Waals surface area contributed by atoms with E-state index in [-0.39, 0.29) is 11.8 Å². The minimum absolute atomic E-state index is 0.0368. The van der Waals surface area contributed by atoms with Crippen LogP contribution in [-0.4, -0.2) is 37.2 Å². The number of aryl methyl sites for hydroxylation is 1. The highest BCUT2D eigenvalue weighted by Gasteiger charge is 2.39. The summed E-state index contributed by atoms with van der Waals surface area (Å²) in [6.45, 7) is 9.43. The molecular weight excluding hydrogens is 406 g/mol. The van der Waals surface area contributed by atoms with Crippen LogP contribution >= 0.6 is 11.3 Å². The van der Waals surface area contributed by atoms with Gasteiger partial charge in [-0.05, 0) is 30.2 Å². The van der Waals surface area contributed by atoms with Gasteiger partial charge in [0.15, 0.2) is 5.13 Å². The van der Waals surface area contributed by atoms with Crippen molar-refractivity contribution in [2.24, 2.45) is 5.41 Å². The van der Waals surface area contributed by atoms with Crippen LogP contribution in [0.15, 0.2) is 60.1 Å². The molecule has 0 aliphatic carbocycles. The molecule has 0 radical (unpaired) electrons. The number of anilines is 2. The first kappa shape index (κ1) is 21.5. The molecule has 0 bridgehead atoms. The van der Waals surface area contributed by atoms with E-state index in [1.807, 2.05) is 19.2 Å². The number of benzene rings is 2. The number of hydrogen-bond donors (Lipinski definition) is 1. The van der Waals surface area contributed by atoms with Crippen molar-refractivity contribution in [1.82, 2.24) is 4.98 Å². The van der Waals surface area contributed by atoms with Gasteiger partial charge in [0.05, 0.1) is 18.6 Å². The molecule has 1 fully saturated rings. The van der Waals surface area contributed by atoms with E-state index >= 15 is 0 Å². The average molecular weight is 436 g/mol. The van der Waals surface area contributed by atoms with E-state index in [9.17, 15) is 4.79 Å². The summed E-state index contributed by atoms with van der Waals surface area (Å²) in [5.41, 5.74) is 3.97. The average Bonchev–Trinajstić information content (AvgIpc) is 3.29.